The van der Waals surface area contributed by atoms with Crippen LogP contribution in [0.1, 0.15) is 43.6 Å². The number of rotatable bonds is 7. The maximum atomic E-state index is 5.63. The first kappa shape index (κ1) is 13.1. The lowest BCUT2D eigenvalue weighted by Gasteiger charge is -2.21. The van der Waals surface area contributed by atoms with E-state index in [9.17, 15) is 0 Å². The van der Waals surface area contributed by atoms with Crippen LogP contribution in [-0.4, -0.2) is 30.5 Å². The lowest BCUT2D eigenvalue weighted by atomic mass is 10.1. The van der Waals surface area contributed by atoms with Crippen LogP contribution < -0.4 is 5.32 Å². The lowest BCUT2D eigenvalue weighted by molar-refractivity contribution is -0.0477. The van der Waals surface area contributed by atoms with Gasteiger partial charge in [0.05, 0.1) is 18.4 Å². The standard InChI is InChI=1S/C14H22N2O3/c1-2-6-18-13(3-1)9-17-10-14-7-12(16-19-14)8-15-11-4-5-11/h7,11,13,15H,1-6,8-10H2. The molecule has 3 rings (SSSR count). The minimum atomic E-state index is 0.257. The largest absolute Gasteiger partial charge is 0.376 e. The molecule has 1 N–H and O–H groups in total. The molecule has 0 radical (unpaired) electrons. The van der Waals surface area contributed by atoms with Crippen LogP contribution in [0.3, 0.4) is 0 Å². The van der Waals surface area contributed by atoms with Crippen LogP contribution in [0.4, 0.5) is 0 Å². The van der Waals surface area contributed by atoms with Gasteiger partial charge in [0.15, 0.2) is 5.76 Å². The molecule has 2 heterocycles. The molecule has 5 nitrogen and oxygen atoms in total. The van der Waals surface area contributed by atoms with Crippen LogP contribution in [0, 0.1) is 0 Å². The van der Waals surface area contributed by atoms with Crippen molar-refractivity contribution in [1.29, 1.82) is 0 Å². The Morgan fingerprint density at radius 2 is 2.26 bits per heavy atom. The number of aromatic nitrogens is 1. The third-order valence-electron chi connectivity index (χ3n) is 3.58. The van der Waals surface area contributed by atoms with Crippen molar-refractivity contribution in [2.75, 3.05) is 13.2 Å². The zero-order chi connectivity index (χ0) is 12.9. The molecule has 1 aliphatic carbocycles. The quantitative estimate of drug-likeness (QED) is 0.818. The molecule has 19 heavy (non-hydrogen) atoms. The van der Waals surface area contributed by atoms with E-state index in [0.717, 1.165) is 31.0 Å². The van der Waals surface area contributed by atoms with Gasteiger partial charge in [0, 0.05) is 25.3 Å². The van der Waals surface area contributed by atoms with Crippen molar-refractivity contribution in [2.45, 2.75) is 57.4 Å². The normalized spacial score (nSPS) is 23.7. The molecule has 1 aliphatic heterocycles. The van der Waals surface area contributed by atoms with Crippen LogP contribution in [-0.2, 0) is 22.6 Å². The molecule has 2 fully saturated rings. The second-order valence-corrected chi connectivity index (χ2v) is 5.44. The van der Waals surface area contributed by atoms with E-state index in [1.165, 1.54) is 25.7 Å². The third kappa shape index (κ3) is 4.30. The molecule has 2 aliphatic rings. The third-order valence-corrected chi connectivity index (χ3v) is 3.58. The zero-order valence-electron chi connectivity index (χ0n) is 11.3. The zero-order valence-corrected chi connectivity index (χ0v) is 11.3. The van der Waals surface area contributed by atoms with Crippen molar-refractivity contribution < 1.29 is 14.0 Å². The van der Waals surface area contributed by atoms with Gasteiger partial charge in [-0.15, -0.1) is 0 Å². The van der Waals surface area contributed by atoms with Crippen molar-refractivity contribution >= 4 is 0 Å². The van der Waals surface area contributed by atoms with Crippen LogP contribution in [0.25, 0.3) is 0 Å². The van der Waals surface area contributed by atoms with Gasteiger partial charge in [-0.05, 0) is 32.1 Å². The first-order chi connectivity index (χ1) is 9.40. The minimum Gasteiger partial charge on any atom is -0.376 e. The fourth-order valence-electron chi connectivity index (χ4n) is 2.27. The molecular weight excluding hydrogens is 244 g/mol. The molecule has 106 valence electrons. The number of nitrogens with zero attached hydrogens (tertiary/aromatic N) is 1. The topological polar surface area (TPSA) is 56.5 Å². The van der Waals surface area contributed by atoms with Gasteiger partial charge in [-0.3, -0.25) is 0 Å². The number of hydrogen-bond donors (Lipinski definition) is 1. The second kappa shape index (κ2) is 6.50. The summed E-state index contributed by atoms with van der Waals surface area (Å²) in [7, 11) is 0. The van der Waals surface area contributed by atoms with Gasteiger partial charge in [0.2, 0.25) is 0 Å². The summed E-state index contributed by atoms with van der Waals surface area (Å²) in [5, 5.41) is 7.44. The maximum Gasteiger partial charge on any atom is 0.162 e. The van der Waals surface area contributed by atoms with Crippen molar-refractivity contribution in [3.8, 4) is 0 Å². The summed E-state index contributed by atoms with van der Waals surface area (Å²) in [6.07, 6.45) is 6.35. The molecule has 0 amide bonds. The predicted octanol–water partition coefficient (Wildman–Crippen LogP) is 2.01. The van der Waals surface area contributed by atoms with Crippen molar-refractivity contribution in [3.63, 3.8) is 0 Å². The van der Waals surface area contributed by atoms with Gasteiger partial charge in [0.25, 0.3) is 0 Å². The number of hydrogen-bond acceptors (Lipinski definition) is 5. The molecule has 1 atom stereocenters. The van der Waals surface area contributed by atoms with E-state index in [0.29, 0.717) is 19.3 Å². The molecule has 1 aromatic heterocycles. The van der Waals surface area contributed by atoms with Crippen LogP contribution in [0.5, 0.6) is 0 Å². The highest BCUT2D eigenvalue weighted by atomic mass is 16.5. The van der Waals surface area contributed by atoms with Gasteiger partial charge in [-0.2, -0.15) is 0 Å². The van der Waals surface area contributed by atoms with Gasteiger partial charge in [0.1, 0.15) is 6.61 Å². The number of nitrogens with one attached hydrogen (secondary N) is 1. The summed E-state index contributed by atoms with van der Waals surface area (Å²) >= 11 is 0. The molecule has 1 aromatic rings. The first-order valence-corrected chi connectivity index (χ1v) is 7.27. The highest BCUT2D eigenvalue weighted by Gasteiger charge is 2.20. The van der Waals surface area contributed by atoms with Crippen molar-refractivity contribution in [1.82, 2.24) is 10.5 Å². The van der Waals surface area contributed by atoms with Gasteiger partial charge in [-0.1, -0.05) is 5.16 Å². The Bertz CT molecular complexity index is 384. The van der Waals surface area contributed by atoms with E-state index >= 15 is 0 Å². The first-order valence-electron chi connectivity index (χ1n) is 7.27. The highest BCUT2D eigenvalue weighted by Crippen LogP contribution is 2.19. The number of ether oxygens (including phenoxy) is 2. The van der Waals surface area contributed by atoms with Crippen LogP contribution in [0.2, 0.25) is 0 Å². The average Bonchev–Trinajstić information content (AvgIpc) is 3.17. The summed E-state index contributed by atoms with van der Waals surface area (Å²) in [6, 6.07) is 2.66. The van der Waals surface area contributed by atoms with E-state index in [1.807, 2.05) is 6.07 Å². The molecule has 0 spiro atoms. The Hall–Kier alpha value is -0.910. The minimum absolute atomic E-state index is 0.257. The Morgan fingerprint density at radius 1 is 1.32 bits per heavy atom. The van der Waals surface area contributed by atoms with Crippen LogP contribution >= 0.6 is 0 Å². The lowest BCUT2D eigenvalue weighted by Crippen LogP contribution is -2.24. The fraction of sp³-hybridized carbons (Fsp3) is 0.786. The van der Waals surface area contributed by atoms with Gasteiger partial charge >= 0.3 is 0 Å². The summed E-state index contributed by atoms with van der Waals surface area (Å²) in [5.74, 6) is 0.795. The average molecular weight is 266 g/mol. The van der Waals surface area contributed by atoms with Crippen molar-refractivity contribution in [3.05, 3.63) is 17.5 Å². The SMILES string of the molecule is c1c(CNC2CC2)noc1COCC1CCCCO1. The Labute approximate surface area is 113 Å². The molecule has 1 saturated heterocycles. The van der Waals surface area contributed by atoms with E-state index in [4.69, 9.17) is 14.0 Å². The fourth-order valence-corrected chi connectivity index (χ4v) is 2.27. The highest BCUT2D eigenvalue weighted by molar-refractivity contribution is 5.04. The predicted molar refractivity (Wildman–Crippen MR) is 69.6 cm³/mol. The maximum absolute atomic E-state index is 5.63. The Kier molecular flexibility index (Phi) is 4.48. The smallest absolute Gasteiger partial charge is 0.162 e. The molecule has 0 bridgehead atoms. The van der Waals surface area contributed by atoms with Gasteiger partial charge in [-0.25, -0.2) is 0 Å². The Balaban J connectivity index is 1.34. The summed E-state index contributed by atoms with van der Waals surface area (Å²) < 4.78 is 16.5. The monoisotopic (exact) mass is 266 g/mol. The van der Waals surface area contributed by atoms with Gasteiger partial charge < -0.3 is 19.3 Å². The van der Waals surface area contributed by atoms with Crippen molar-refractivity contribution in [2.24, 2.45) is 0 Å². The summed E-state index contributed by atoms with van der Waals surface area (Å²) in [5.41, 5.74) is 0.958. The summed E-state index contributed by atoms with van der Waals surface area (Å²) in [4.78, 5) is 0. The molecule has 0 aromatic carbocycles. The second-order valence-electron chi connectivity index (χ2n) is 5.44. The molecule has 1 unspecified atom stereocenters. The van der Waals surface area contributed by atoms with E-state index in [1.54, 1.807) is 0 Å². The van der Waals surface area contributed by atoms with E-state index < -0.39 is 0 Å². The van der Waals surface area contributed by atoms with Crippen LogP contribution in [0.15, 0.2) is 10.6 Å². The molecular formula is C14H22N2O3. The molecule has 5 heteroatoms. The Morgan fingerprint density at radius 3 is 3.05 bits per heavy atom. The summed E-state index contributed by atoms with van der Waals surface area (Å²) in [6.45, 7) is 2.79. The van der Waals surface area contributed by atoms with E-state index in [-0.39, 0.29) is 6.10 Å². The molecule has 1 saturated carbocycles. The van der Waals surface area contributed by atoms with E-state index in [2.05, 4.69) is 10.5 Å².